The molecule has 0 saturated carbocycles. The number of nitrogens with one attached hydrogen (secondary N) is 1. The van der Waals surface area contributed by atoms with Gasteiger partial charge in [-0.1, -0.05) is 54.6 Å². The van der Waals surface area contributed by atoms with Crippen LogP contribution in [0.3, 0.4) is 0 Å². The molecule has 4 heteroatoms. The van der Waals surface area contributed by atoms with E-state index in [2.05, 4.69) is 10.5 Å². The molecule has 0 heterocycles. The van der Waals surface area contributed by atoms with E-state index in [1.165, 1.54) is 0 Å². The Labute approximate surface area is 140 Å². The van der Waals surface area contributed by atoms with Crippen LogP contribution in [0.25, 0.3) is 10.8 Å². The third-order valence-electron chi connectivity index (χ3n) is 3.58. The molecule has 0 aliphatic rings. The largest absolute Gasteiger partial charge is 0.484 e. The molecule has 3 rings (SSSR count). The van der Waals surface area contributed by atoms with Crippen molar-refractivity contribution < 1.29 is 9.53 Å². The molecule has 0 saturated heterocycles. The molecule has 0 bridgehead atoms. The molecule has 0 unspecified atom stereocenters. The summed E-state index contributed by atoms with van der Waals surface area (Å²) in [6.45, 7) is 1.90. The third kappa shape index (κ3) is 3.98. The normalized spacial score (nSPS) is 10.9. The van der Waals surface area contributed by atoms with Gasteiger partial charge in [0.2, 0.25) is 0 Å². The Morgan fingerprint density at radius 1 is 1.08 bits per heavy atom. The van der Waals surface area contributed by atoms with Gasteiger partial charge in [-0.3, -0.25) is 4.79 Å². The molecule has 0 spiro atoms. The van der Waals surface area contributed by atoms with Crippen molar-refractivity contribution in [2.24, 2.45) is 5.10 Å². The van der Waals surface area contributed by atoms with Crippen molar-refractivity contribution >= 4 is 22.9 Å². The quantitative estimate of drug-likeness (QED) is 0.576. The van der Waals surface area contributed by atoms with Gasteiger partial charge in [0.1, 0.15) is 5.75 Å². The molecular formula is C20H18N2O2. The lowest BCUT2D eigenvalue weighted by atomic mass is 10.1. The Morgan fingerprint density at radius 3 is 2.75 bits per heavy atom. The first-order chi connectivity index (χ1) is 11.7. The second kappa shape index (κ2) is 7.42. The molecule has 0 atom stereocenters. The average Bonchev–Trinajstić information content (AvgIpc) is 2.60. The van der Waals surface area contributed by atoms with Crippen LogP contribution < -0.4 is 10.2 Å². The van der Waals surface area contributed by atoms with E-state index in [9.17, 15) is 4.79 Å². The summed E-state index contributed by atoms with van der Waals surface area (Å²) in [4.78, 5) is 11.8. The second-order valence-corrected chi connectivity index (χ2v) is 5.47. The molecule has 3 aromatic carbocycles. The van der Waals surface area contributed by atoms with Gasteiger partial charge in [0.25, 0.3) is 5.91 Å². The van der Waals surface area contributed by atoms with Crippen LogP contribution in [0.15, 0.2) is 71.8 Å². The van der Waals surface area contributed by atoms with E-state index >= 15 is 0 Å². The van der Waals surface area contributed by atoms with Crippen molar-refractivity contribution in [3.63, 3.8) is 0 Å². The summed E-state index contributed by atoms with van der Waals surface area (Å²) in [6, 6.07) is 21.6. The molecule has 0 aromatic heterocycles. The zero-order chi connectivity index (χ0) is 16.8. The molecule has 1 N–H and O–H groups in total. The van der Waals surface area contributed by atoms with Crippen LogP contribution in [-0.4, -0.2) is 18.7 Å². The van der Waals surface area contributed by atoms with Gasteiger partial charge < -0.3 is 4.74 Å². The first-order valence-corrected chi connectivity index (χ1v) is 7.71. The maximum Gasteiger partial charge on any atom is 0.277 e. The predicted molar refractivity (Wildman–Crippen MR) is 96.4 cm³/mol. The fourth-order valence-electron chi connectivity index (χ4n) is 2.42. The van der Waals surface area contributed by atoms with Crippen molar-refractivity contribution in [1.29, 1.82) is 0 Å². The fraction of sp³-hybridized carbons (Fsp3) is 0.100. The number of amides is 1. The molecule has 120 valence electrons. The Morgan fingerprint density at radius 2 is 1.88 bits per heavy atom. The average molecular weight is 318 g/mol. The number of carbonyl (C=O) groups excluding carboxylic acids is 1. The number of aryl methyl sites for hydroxylation is 1. The van der Waals surface area contributed by atoms with Crippen LogP contribution in [0.1, 0.15) is 11.1 Å². The minimum Gasteiger partial charge on any atom is -0.484 e. The first-order valence-electron chi connectivity index (χ1n) is 7.71. The van der Waals surface area contributed by atoms with Crippen molar-refractivity contribution in [3.05, 3.63) is 77.9 Å². The Kier molecular flexibility index (Phi) is 4.87. The minimum atomic E-state index is -0.298. The first kappa shape index (κ1) is 15.7. The summed E-state index contributed by atoms with van der Waals surface area (Å²) in [5.74, 6) is 0.371. The van der Waals surface area contributed by atoms with Crippen molar-refractivity contribution in [3.8, 4) is 5.75 Å². The SMILES string of the molecule is Cc1cccc(OCC(=O)NN=Cc2cccc3ccccc23)c1. The van der Waals surface area contributed by atoms with Gasteiger partial charge in [0.15, 0.2) is 6.61 Å². The van der Waals surface area contributed by atoms with Gasteiger partial charge in [-0.05, 0) is 35.4 Å². The number of carbonyl (C=O) groups is 1. The topological polar surface area (TPSA) is 50.7 Å². The number of rotatable bonds is 5. The standard InChI is InChI=1S/C20H18N2O2/c1-15-6-4-10-18(12-15)24-14-20(23)22-21-13-17-9-5-8-16-7-2-3-11-19(16)17/h2-13H,14H2,1H3,(H,22,23). The Bertz CT molecular complexity index is 882. The molecule has 4 nitrogen and oxygen atoms in total. The molecule has 0 aliphatic heterocycles. The summed E-state index contributed by atoms with van der Waals surface area (Å²) in [7, 11) is 0. The predicted octanol–water partition coefficient (Wildman–Crippen LogP) is 3.68. The Hall–Kier alpha value is -3.14. The number of fused-ring (bicyclic) bond motifs is 1. The van der Waals surface area contributed by atoms with Crippen molar-refractivity contribution in [2.75, 3.05) is 6.61 Å². The lowest BCUT2D eigenvalue weighted by molar-refractivity contribution is -0.123. The van der Waals surface area contributed by atoms with Gasteiger partial charge in [-0.15, -0.1) is 0 Å². The monoisotopic (exact) mass is 318 g/mol. The summed E-state index contributed by atoms with van der Waals surface area (Å²) < 4.78 is 5.44. The van der Waals surface area contributed by atoms with Gasteiger partial charge in [0.05, 0.1) is 6.21 Å². The number of benzene rings is 3. The van der Waals surface area contributed by atoms with Crippen LogP contribution in [0.4, 0.5) is 0 Å². The lowest BCUT2D eigenvalue weighted by Crippen LogP contribution is -2.24. The summed E-state index contributed by atoms with van der Waals surface area (Å²) in [5.41, 5.74) is 4.52. The van der Waals surface area contributed by atoms with Crippen LogP contribution in [-0.2, 0) is 4.79 Å². The van der Waals surface area contributed by atoms with Gasteiger partial charge in [-0.25, -0.2) is 5.43 Å². The zero-order valence-corrected chi connectivity index (χ0v) is 13.4. The molecule has 1 amide bonds. The summed E-state index contributed by atoms with van der Waals surface area (Å²) in [5, 5.41) is 6.24. The maximum atomic E-state index is 11.8. The molecule has 3 aromatic rings. The molecular weight excluding hydrogens is 300 g/mol. The summed E-state index contributed by atoms with van der Waals surface area (Å²) >= 11 is 0. The maximum absolute atomic E-state index is 11.8. The van der Waals surface area contributed by atoms with E-state index in [4.69, 9.17) is 4.74 Å². The Balaban J connectivity index is 1.58. The van der Waals surface area contributed by atoms with Crippen LogP contribution in [0.5, 0.6) is 5.75 Å². The molecule has 0 fully saturated rings. The molecule has 0 radical (unpaired) electrons. The number of ether oxygens (including phenoxy) is 1. The summed E-state index contributed by atoms with van der Waals surface area (Å²) in [6.07, 6.45) is 1.65. The van der Waals surface area contributed by atoms with E-state index in [1.807, 2.05) is 73.7 Å². The van der Waals surface area contributed by atoms with E-state index in [0.717, 1.165) is 21.9 Å². The molecule has 0 aliphatic carbocycles. The number of hydrazone groups is 1. The lowest BCUT2D eigenvalue weighted by Gasteiger charge is -2.05. The smallest absolute Gasteiger partial charge is 0.277 e. The van der Waals surface area contributed by atoms with Gasteiger partial charge in [0, 0.05) is 5.56 Å². The number of hydrogen-bond donors (Lipinski definition) is 1. The van der Waals surface area contributed by atoms with Gasteiger partial charge in [-0.2, -0.15) is 5.10 Å². The minimum absolute atomic E-state index is 0.0731. The van der Waals surface area contributed by atoms with Crippen molar-refractivity contribution in [1.82, 2.24) is 5.43 Å². The number of hydrogen-bond acceptors (Lipinski definition) is 3. The third-order valence-corrected chi connectivity index (χ3v) is 3.58. The number of nitrogens with zero attached hydrogens (tertiary/aromatic N) is 1. The van der Waals surface area contributed by atoms with Crippen LogP contribution in [0.2, 0.25) is 0 Å². The van der Waals surface area contributed by atoms with Crippen molar-refractivity contribution in [2.45, 2.75) is 6.92 Å². The highest BCUT2D eigenvalue weighted by Gasteiger charge is 2.02. The van der Waals surface area contributed by atoms with E-state index in [-0.39, 0.29) is 12.5 Å². The van der Waals surface area contributed by atoms with Crippen LogP contribution in [0, 0.1) is 6.92 Å². The fourth-order valence-corrected chi connectivity index (χ4v) is 2.42. The molecule has 24 heavy (non-hydrogen) atoms. The van der Waals surface area contributed by atoms with E-state index < -0.39 is 0 Å². The highest BCUT2D eigenvalue weighted by molar-refractivity contribution is 5.99. The van der Waals surface area contributed by atoms with E-state index in [1.54, 1.807) is 6.21 Å². The van der Waals surface area contributed by atoms with Gasteiger partial charge >= 0.3 is 0 Å². The zero-order valence-electron chi connectivity index (χ0n) is 13.4. The highest BCUT2D eigenvalue weighted by atomic mass is 16.5. The second-order valence-electron chi connectivity index (χ2n) is 5.47. The highest BCUT2D eigenvalue weighted by Crippen LogP contribution is 2.16. The van der Waals surface area contributed by atoms with Crippen LogP contribution >= 0.6 is 0 Å². The van der Waals surface area contributed by atoms with E-state index in [0.29, 0.717) is 5.75 Å².